The monoisotopic (exact) mass is 293 g/mol. The van der Waals surface area contributed by atoms with Gasteiger partial charge in [-0.1, -0.05) is 42.5 Å². The minimum Gasteiger partial charge on any atom is -0.344 e. The zero-order valence-electron chi connectivity index (χ0n) is 12.2. The summed E-state index contributed by atoms with van der Waals surface area (Å²) >= 11 is 0. The molecule has 0 fully saturated rings. The van der Waals surface area contributed by atoms with Crippen LogP contribution in [0.15, 0.2) is 61.1 Å². The van der Waals surface area contributed by atoms with E-state index in [1.165, 1.54) is 32.3 Å². The molecule has 0 spiro atoms. The summed E-state index contributed by atoms with van der Waals surface area (Å²) in [4.78, 5) is 12.3. The largest absolute Gasteiger partial charge is 0.344 e. The van der Waals surface area contributed by atoms with Crippen LogP contribution in [0.25, 0.3) is 54.3 Å². The first-order chi connectivity index (χ1) is 11.4. The zero-order valence-corrected chi connectivity index (χ0v) is 12.2. The van der Waals surface area contributed by atoms with Crippen molar-refractivity contribution in [3.63, 3.8) is 0 Å². The fraction of sp³-hybridized carbons (Fsp3) is 0. The van der Waals surface area contributed by atoms with Crippen molar-refractivity contribution in [1.82, 2.24) is 15.0 Å². The Morgan fingerprint density at radius 1 is 0.739 bits per heavy atom. The van der Waals surface area contributed by atoms with Crippen LogP contribution in [0.2, 0.25) is 0 Å². The molecule has 0 amide bonds. The van der Waals surface area contributed by atoms with Crippen LogP contribution in [0.5, 0.6) is 0 Å². The van der Waals surface area contributed by atoms with Crippen LogP contribution in [0.4, 0.5) is 0 Å². The summed E-state index contributed by atoms with van der Waals surface area (Å²) in [7, 11) is 0. The quantitative estimate of drug-likeness (QED) is 0.428. The number of hydrogen-bond donors (Lipinski definition) is 1. The van der Waals surface area contributed by atoms with Gasteiger partial charge < -0.3 is 4.98 Å². The molecule has 0 saturated carbocycles. The van der Waals surface area contributed by atoms with E-state index in [4.69, 9.17) is 4.98 Å². The summed E-state index contributed by atoms with van der Waals surface area (Å²) in [5.74, 6) is 0. The smallest absolute Gasteiger partial charge is 0.106 e. The van der Waals surface area contributed by atoms with Crippen molar-refractivity contribution in [2.24, 2.45) is 0 Å². The van der Waals surface area contributed by atoms with Gasteiger partial charge in [-0.3, -0.25) is 0 Å². The molecule has 4 aromatic carbocycles. The van der Waals surface area contributed by atoms with Gasteiger partial charge in [-0.05, 0) is 33.0 Å². The predicted molar refractivity (Wildman–Crippen MR) is 95.1 cm³/mol. The van der Waals surface area contributed by atoms with E-state index in [9.17, 15) is 0 Å². The summed E-state index contributed by atoms with van der Waals surface area (Å²) < 4.78 is 0. The number of nitrogens with zero attached hydrogens (tertiary/aromatic N) is 2. The highest BCUT2D eigenvalue weighted by Crippen LogP contribution is 2.42. The van der Waals surface area contributed by atoms with Crippen LogP contribution in [0.1, 0.15) is 0 Å². The summed E-state index contributed by atoms with van der Waals surface area (Å²) in [6.07, 6.45) is 3.53. The Labute approximate surface area is 130 Å². The molecule has 2 heterocycles. The van der Waals surface area contributed by atoms with Gasteiger partial charge in [0.25, 0.3) is 0 Å². The molecule has 106 valence electrons. The predicted octanol–water partition coefficient (Wildman–Crippen LogP) is 5.01. The van der Waals surface area contributed by atoms with Gasteiger partial charge in [0, 0.05) is 10.8 Å². The van der Waals surface area contributed by atoms with E-state index in [-0.39, 0.29) is 0 Å². The third-order valence-electron chi connectivity index (χ3n) is 4.88. The maximum Gasteiger partial charge on any atom is 0.106 e. The first-order valence-electron chi connectivity index (χ1n) is 7.69. The van der Waals surface area contributed by atoms with Gasteiger partial charge in [0.15, 0.2) is 0 Å². The number of rotatable bonds is 0. The molecule has 6 rings (SSSR count). The second-order valence-electron chi connectivity index (χ2n) is 6.02. The van der Waals surface area contributed by atoms with E-state index < -0.39 is 0 Å². The SMILES string of the molecule is c1cc2cccc3c2c(c1)c1ccc2c(nc4cnc[nH]c42)c13. The second kappa shape index (κ2) is 3.76. The molecule has 6 aromatic rings. The number of hydrogen-bond acceptors (Lipinski definition) is 2. The van der Waals surface area contributed by atoms with E-state index in [1.54, 1.807) is 6.33 Å². The first-order valence-corrected chi connectivity index (χ1v) is 7.69. The number of aromatic nitrogens is 3. The molecule has 0 aliphatic heterocycles. The van der Waals surface area contributed by atoms with Crippen LogP contribution in [-0.4, -0.2) is 15.0 Å². The molecule has 3 heteroatoms. The molecular weight excluding hydrogens is 282 g/mol. The fourth-order valence-corrected chi connectivity index (χ4v) is 3.95. The molecule has 0 bridgehead atoms. The van der Waals surface area contributed by atoms with Crippen molar-refractivity contribution < 1.29 is 0 Å². The Balaban J connectivity index is 2.02. The van der Waals surface area contributed by atoms with Gasteiger partial charge >= 0.3 is 0 Å². The third-order valence-corrected chi connectivity index (χ3v) is 4.88. The molecule has 0 atom stereocenters. The lowest BCUT2D eigenvalue weighted by atomic mass is 10.1. The van der Waals surface area contributed by atoms with Gasteiger partial charge in [0.2, 0.25) is 0 Å². The van der Waals surface area contributed by atoms with Gasteiger partial charge in [0.1, 0.15) is 5.52 Å². The van der Waals surface area contributed by atoms with Crippen molar-refractivity contribution in [1.29, 1.82) is 0 Å². The number of fused-ring (bicyclic) bond motifs is 7. The van der Waals surface area contributed by atoms with Crippen LogP contribution in [-0.2, 0) is 0 Å². The maximum atomic E-state index is 4.86. The van der Waals surface area contributed by atoms with Crippen molar-refractivity contribution >= 4 is 54.3 Å². The lowest BCUT2D eigenvalue weighted by Crippen LogP contribution is -1.75. The Hall–Kier alpha value is -3.20. The molecule has 0 aliphatic carbocycles. The zero-order chi connectivity index (χ0) is 15.0. The van der Waals surface area contributed by atoms with Crippen LogP contribution in [0.3, 0.4) is 0 Å². The Morgan fingerprint density at radius 2 is 1.52 bits per heavy atom. The lowest BCUT2D eigenvalue weighted by molar-refractivity contribution is 1.22. The molecule has 23 heavy (non-hydrogen) atoms. The van der Waals surface area contributed by atoms with Gasteiger partial charge in [-0.15, -0.1) is 0 Å². The van der Waals surface area contributed by atoms with Crippen molar-refractivity contribution in [3.05, 3.63) is 61.1 Å². The lowest BCUT2D eigenvalue weighted by Gasteiger charge is -1.97. The van der Waals surface area contributed by atoms with Crippen molar-refractivity contribution in [2.75, 3.05) is 0 Å². The highest BCUT2D eigenvalue weighted by atomic mass is 14.9. The van der Waals surface area contributed by atoms with Gasteiger partial charge in [-0.2, -0.15) is 0 Å². The standard InChI is InChI=1S/C20H11N3/c1-3-11-4-2-6-14-17(11)12(5-1)13-7-8-15-19-16(9-21-10-22-19)23-20(15)18(13)14/h1-10H,(H,21,22). The Morgan fingerprint density at radius 3 is 2.43 bits per heavy atom. The Bertz CT molecular complexity index is 1360. The normalized spacial score (nSPS) is 12.3. The van der Waals surface area contributed by atoms with Crippen molar-refractivity contribution in [2.45, 2.75) is 0 Å². The average molecular weight is 293 g/mol. The summed E-state index contributed by atoms with van der Waals surface area (Å²) in [6.45, 7) is 0. The van der Waals surface area contributed by atoms with E-state index in [2.05, 4.69) is 58.5 Å². The van der Waals surface area contributed by atoms with Crippen LogP contribution < -0.4 is 0 Å². The third kappa shape index (κ3) is 1.26. The molecule has 0 radical (unpaired) electrons. The number of benzene rings is 3. The van der Waals surface area contributed by atoms with E-state index >= 15 is 0 Å². The molecule has 0 unspecified atom stereocenters. The number of aromatic amines is 1. The van der Waals surface area contributed by atoms with E-state index in [0.717, 1.165) is 21.9 Å². The highest BCUT2D eigenvalue weighted by molar-refractivity contribution is 6.36. The minimum absolute atomic E-state index is 0.916. The van der Waals surface area contributed by atoms with E-state index in [1.807, 2.05) is 6.20 Å². The topological polar surface area (TPSA) is 41.6 Å². The van der Waals surface area contributed by atoms with Crippen LogP contribution in [0, 0.1) is 0 Å². The molecular formula is C20H11N3. The summed E-state index contributed by atoms with van der Waals surface area (Å²) in [5, 5.41) is 8.91. The van der Waals surface area contributed by atoms with Gasteiger partial charge in [0.05, 0.1) is 23.6 Å². The van der Waals surface area contributed by atoms with Crippen LogP contribution >= 0.6 is 0 Å². The number of H-pyrrole nitrogens is 1. The molecule has 0 aliphatic rings. The molecule has 0 saturated heterocycles. The van der Waals surface area contributed by atoms with Crippen molar-refractivity contribution in [3.8, 4) is 0 Å². The first kappa shape index (κ1) is 11.4. The highest BCUT2D eigenvalue weighted by Gasteiger charge is 2.16. The molecule has 2 aromatic heterocycles. The fourth-order valence-electron chi connectivity index (χ4n) is 3.95. The second-order valence-corrected chi connectivity index (χ2v) is 6.02. The maximum absolute atomic E-state index is 4.86. The number of nitrogens with one attached hydrogen (secondary N) is 1. The minimum atomic E-state index is 0.916. The van der Waals surface area contributed by atoms with E-state index in [0.29, 0.717) is 0 Å². The summed E-state index contributed by atoms with van der Waals surface area (Å²) in [6, 6.07) is 17.4. The summed E-state index contributed by atoms with van der Waals surface area (Å²) in [5.41, 5.74) is 3.03. The van der Waals surface area contributed by atoms with Gasteiger partial charge in [-0.25, -0.2) is 9.97 Å². The Kier molecular flexibility index (Phi) is 1.86. The molecule has 3 nitrogen and oxygen atoms in total. The average Bonchev–Trinajstić information content (AvgIpc) is 3.13. The molecule has 1 N–H and O–H groups in total.